The molecule has 0 aliphatic carbocycles. The lowest BCUT2D eigenvalue weighted by molar-refractivity contribution is -0.137. The average molecular weight is 263 g/mol. The molecule has 0 aromatic heterocycles. The molecular formula is C14H17NO2S. The van der Waals surface area contributed by atoms with E-state index in [0.29, 0.717) is 19.4 Å². The number of likely N-dealkylation sites (tertiary alicyclic amines) is 1. The number of amides is 2. The van der Waals surface area contributed by atoms with E-state index in [-0.39, 0.29) is 11.8 Å². The van der Waals surface area contributed by atoms with E-state index in [9.17, 15) is 9.59 Å². The van der Waals surface area contributed by atoms with Gasteiger partial charge in [0.25, 0.3) is 0 Å². The molecule has 2 rings (SSSR count). The molecule has 96 valence electrons. The number of hydrogen-bond acceptors (Lipinski definition) is 3. The molecule has 2 amide bonds. The Bertz CT molecular complexity index is 443. The Morgan fingerprint density at radius 3 is 2.50 bits per heavy atom. The molecule has 0 saturated carbocycles. The lowest BCUT2D eigenvalue weighted by atomic mass is 10.1. The first-order chi connectivity index (χ1) is 8.68. The molecule has 0 bridgehead atoms. The van der Waals surface area contributed by atoms with E-state index in [1.165, 1.54) is 16.0 Å². The lowest BCUT2D eigenvalue weighted by Crippen LogP contribution is -2.31. The fourth-order valence-corrected chi connectivity index (χ4v) is 2.98. The van der Waals surface area contributed by atoms with Crippen molar-refractivity contribution in [3.63, 3.8) is 0 Å². The van der Waals surface area contributed by atoms with Crippen molar-refractivity contribution in [1.82, 2.24) is 4.90 Å². The van der Waals surface area contributed by atoms with E-state index in [2.05, 4.69) is 19.1 Å². The molecule has 1 aromatic rings. The number of nitrogens with zero attached hydrogens (tertiary/aromatic N) is 1. The molecule has 18 heavy (non-hydrogen) atoms. The summed E-state index contributed by atoms with van der Waals surface area (Å²) in [5.74, 6) is 1.71. The van der Waals surface area contributed by atoms with E-state index in [4.69, 9.17) is 0 Å². The highest BCUT2D eigenvalue weighted by Crippen LogP contribution is 2.17. The highest BCUT2D eigenvalue weighted by Gasteiger charge is 2.27. The summed E-state index contributed by atoms with van der Waals surface area (Å²) in [5, 5.41) is 0. The fourth-order valence-electron chi connectivity index (χ4n) is 1.98. The quantitative estimate of drug-likeness (QED) is 0.604. The molecule has 0 N–H and O–H groups in total. The normalized spacial score (nSPS) is 15.5. The molecule has 1 saturated heterocycles. The third kappa shape index (κ3) is 3.13. The van der Waals surface area contributed by atoms with Crippen molar-refractivity contribution in [3.05, 3.63) is 35.4 Å². The summed E-state index contributed by atoms with van der Waals surface area (Å²) in [4.78, 5) is 24.2. The van der Waals surface area contributed by atoms with Gasteiger partial charge in [0.2, 0.25) is 11.8 Å². The van der Waals surface area contributed by atoms with Gasteiger partial charge in [-0.1, -0.05) is 24.3 Å². The zero-order chi connectivity index (χ0) is 13.0. The van der Waals surface area contributed by atoms with Crippen molar-refractivity contribution in [2.45, 2.75) is 25.5 Å². The summed E-state index contributed by atoms with van der Waals surface area (Å²) in [5.41, 5.74) is 2.61. The van der Waals surface area contributed by atoms with Crippen LogP contribution in [-0.2, 0) is 15.3 Å². The Morgan fingerprint density at radius 1 is 1.17 bits per heavy atom. The predicted molar refractivity (Wildman–Crippen MR) is 73.3 cm³/mol. The predicted octanol–water partition coefficient (Wildman–Crippen LogP) is 2.38. The number of carbonyl (C=O) groups excluding carboxylic acids is 2. The molecule has 1 aliphatic rings. The number of imide groups is 1. The Hall–Kier alpha value is -1.29. The van der Waals surface area contributed by atoms with E-state index < -0.39 is 0 Å². The molecule has 1 heterocycles. The van der Waals surface area contributed by atoms with Crippen molar-refractivity contribution in [2.75, 3.05) is 12.3 Å². The highest BCUT2D eigenvalue weighted by atomic mass is 32.2. The molecule has 0 radical (unpaired) electrons. The third-order valence-corrected chi connectivity index (χ3v) is 4.12. The van der Waals surface area contributed by atoms with Gasteiger partial charge in [0, 0.05) is 30.9 Å². The average Bonchev–Trinajstić information content (AvgIpc) is 2.67. The van der Waals surface area contributed by atoms with Gasteiger partial charge in [0.15, 0.2) is 0 Å². The Morgan fingerprint density at radius 2 is 1.83 bits per heavy atom. The first-order valence-electron chi connectivity index (χ1n) is 6.14. The molecule has 0 spiro atoms. The Balaban J connectivity index is 1.75. The van der Waals surface area contributed by atoms with Crippen LogP contribution in [0.15, 0.2) is 24.3 Å². The van der Waals surface area contributed by atoms with Crippen LogP contribution in [0, 0.1) is 6.92 Å². The van der Waals surface area contributed by atoms with Gasteiger partial charge in [-0.15, -0.1) is 0 Å². The number of carbonyl (C=O) groups is 2. The molecule has 0 atom stereocenters. The maximum absolute atomic E-state index is 11.4. The van der Waals surface area contributed by atoms with Crippen LogP contribution in [0.4, 0.5) is 0 Å². The number of rotatable bonds is 5. The van der Waals surface area contributed by atoms with Gasteiger partial charge in [-0.25, -0.2) is 0 Å². The number of hydrogen-bond donors (Lipinski definition) is 0. The summed E-state index contributed by atoms with van der Waals surface area (Å²) in [6, 6.07) is 8.29. The van der Waals surface area contributed by atoms with E-state index in [1.807, 2.05) is 12.1 Å². The lowest BCUT2D eigenvalue weighted by Gasteiger charge is -2.13. The maximum atomic E-state index is 11.4. The number of thioether (sulfide) groups is 1. The van der Waals surface area contributed by atoms with Gasteiger partial charge in [-0.2, -0.15) is 11.8 Å². The van der Waals surface area contributed by atoms with Crippen LogP contribution in [-0.4, -0.2) is 29.0 Å². The second-order valence-corrected chi connectivity index (χ2v) is 5.52. The minimum Gasteiger partial charge on any atom is -0.282 e. The van der Waals surface area contributed by atoms with Gasteiger partial charge in [0.1, 0.15) is 0 Å². The summed E-state index contributed by atoms with van der Waals surface area (Å²) in [6.45, 7) is 2.65. The van der Waals surface area contributed by atoms with Gasteiger partial charge in [-0.05, 0) is 18.1 Å². The van der Waals surface area contributed by atoms with E-state index in [1.54, 1.807) is 11.8 Å². The minimum absolute atomic E-state index is 0.0171. The largest absolute Gasteiger partial charge is 0.282 e. The van der Waals surface area contributed by atoms with Crippen molar-refractivity contribution in [2.24, 2.45) is 0 Å². The minimum atomic E-state index is -0.0171. The van der Waals surface area contributed by atoms with Crippen LogP contribution in [0.2, 0.25) is 0 Å². The first-order valence-corrected chi connectivity index (χ1v) is 7.29. The van der Waals surface area contributed by atoms with Crippen LogP contribution in [0.5, 0.6) is 0 Å². The fraction of sp³-hybridized carbons (Fsp3) is 0.429. The van der Waals surface area contributed by atoms with E-state index in [0.717, 1.165) is 11.5 Å². The van der Waals surface area contributed by atoms with Crippen LogP contribution in [0.1, 0.15) is 24.0 Å². The van der Waals surface area contributed by atoms with Gasteiger partial charge in [0.05, 0.1) is 0 Å². The van der Waals surface area contributed by atoms with Crippen molar-refractivity contribution >= 4 is 23.6 Å². The number of benzene rings is 1. The topological polar surface area (TPSA) is 37.4 Å². The Kier molecular flexibility index (Phi) is 4.42. The van der Waals surface area contributed by atoms with Gasteiger partial charge in [-0.3, -0.25) is 14.5 Å². The summed E-state index contributed by atoms with van der Waals surface area (Å²) < 4.78 is 0. The van der Waals surface area contributed by atoms with Crippen molar-refractivity contribution in [1.29, 1.82) is 0 Å². The summed E-state index contributed by atoms with van der Waals surface area (Å²) >= 11 is 1.77. The second-order valence-electron chi connectivity index (χ2n) is 4.42. The van der Waals surface area contributed by atoms with Crippen LogP contribution in [0.25, 0.3) is 0 Å². The van der Waals surface area contributed by atoms with Crippen molar-refractivity contribution < 1.29 is 9.59 Å². The van der Waals surface area contributed by atoms with Gasteiger partial charge < -0.3 is 0 Å². The summed E-state index contributed by atoms with van der Waals surface area (Å²) in [7, 11) is 0. The number of aryl methyl sites for hydroxylation is 1. The van der Waals surface area contributed by atoms with Crippen LogP contribution in [0.3, 0.4) is 0 Å². The second kappa shape index (κ2) is 6.05. The summed E-state index contributed by atoms with van der Waals surface area (Å²) in [6.07, 6.45) is 0.780. The third-order valence-electron chi connectivity index (χ3n) is 3.13. The zero-order valence-electron chi connectivity index (χ0n) is 10.5. The first kappa shape index (κ1) is 13.1. The van der Waals surface area contributed by atoms with Crippen LogP contribution < -0.4 is 0 Å². The molecule has 3 nitrogen and oxygen atoms in total. The maximum Gasteiger partial charge on any atom is 0.229 e. The zero-order valence-corrected chi connectivity index (χ0v) is 11.3. The molecular weight excluding hydrogens is 246 g/mol. The van der Waals surface area contributed by atoms with Crippen LogP contribution >= 0.6 is 11.8 Å². The molecule has 1 aliphatic heterocycles. The molecule has 4 heteroatoms. The standard InChI is InChI=1S/C14H17NO2S/c1-11-4-2-3-5-12(11)10-18-9-8-15-13(16)6-7-14(15)17/h2-5H,6-10H2,1H3. The SMILES string of the molecule is Cc1ccccc1CSCCN1C(=O)CCC1=O. The monoisotopic (exact) mass is 263 g/mol. The molecule has 1 fully saturated rings. The smallest absolute Gasteiger partial charge is 0.229 e. The van der Waals surface area contributed by atoms with E-state index >= 15 is 0 Å². The molecule has 1 aromatic carbocycles. The van der Waals surface area contributed by atoms with Gasteiger partial charge >= 0.3 is 0 Å². The van der Waals surface area contributed by atoms with Crippen molar-refractivity contribution in [3.8, 4) is 0 Å². The highest BCUT2D eigenvalue weighted by molar-refractivity contribution is 7.98. The Labute approximate surface area is 112 Å². The molecule has 0 unspecified atom stereocenters.